The molecule has 0 atom stereocenters. The zero-order valence-corrected chi connectivity index (χ0v) is 18.8. The monoisotopic (exact) mass is 498 g/mol. The van der Waals surface area contributed by atoms with E-state index in [2.05, 4.69) is 10.4 Å². The van der Waals surface area contributed by atoms with E-state index in [1.54, 1.807) is 13.8 Å². The van der Waals surface area contributed by atoms with E-state index in [0.717, 1.165) is 35.0 Å². The number of ether oxygens (including phenoxy) is 2. The molecule has 1 amide bonds. The quantitative estimate of drug-likeness (QED) is 0.344. The minimum absolute atomic E-state index is 0.0493. The molecule has 3 aromatic rings. The Bertz CT molecular complexity index is 1260. The molecule has 0 radical (unpaired) electrons. The smallest absolute Gasteiger partial charge is 0.416 e. The molecule has 13 heteroatoms. The van der Waals surface area contributed by atoms with Gasteiger partial charge in [-0.2, -0.15) is 18.3 Å². The van der Waals surface area contributed by atoms with Crippen molar-refractivity contribution in [1.29, 1.82) is 0 Å². The standard InChI is InChI=1S/C21H18ClF3N4O5/c1-4-34-18-9-13(15(29(31)32)10-17(18)33-3)20(30)26-19-7-11(2)27-28(19)16-8-12(21(23,24)25)5-6-14(16)22/h5-10H,4H2,1-3H3,(H,26,30). The van der Waals surface area contributed by atoms with E-state index in [0.29, 0.717) is 5.69 Å². The van der Waals surface area contributed by atoms with E-state index in [1.807, 2.05) is 0 Å². The number of benzene rings is 2. The summed E-state index contributed by atoms with van der Waals surface area (Å²) in [6.07, 6.45) is -4.63. The molecule has 34 heavy (non-hydrogen) atoms. The topological polar surface area (TPSA) is 109 Å². The number of hydrogen-bond donors (Lipinski definition) is 1. The molecule has 0 fully saturated rings. The van der Waals surface area contributed by atoms with Crippen LogP contribution in [0.5, 0.6) is 11.5 Å². The number of nitrogens with one attached hydrogen (secondary N) is 1. The van der Waals surface area contributed by atoms with Crippen molar-refractivity contribution in [3.05, 3.63) is 68.4 Å². The molecule has 1 N–H and O–H groups in total. The highest BCUT2D eigenvalue weighted by Crippen LogP contribution is 2.36. The lowest BCUT2D eigenvalue weighted by Crippen LogP contribution is -2.17. The molecule has 0 unspecified atom stereocenters. The lowest BCUT2D eigenvalue weighted by Gasteiger charge is -2.14. The summed E-state index contributed by atoms with van der Waals surface area (Å²) in [5.41, 5.74) is -1.67. The van der Waals surface area contributed by atoms with Crippen molar-refractivity contribution >= 4 is 29.0 Å². The maximum atomic E-state index is 13.2. The van der Waals surface area contributed by atoms with E-state index >= 15 is 0 Å². The number of methoxy groups -OCH3 is 1. The molecule has 0 saturated carbocycles. The fourth-order valence-corrected chi connectivity index (χ4v) is 3.31. The van der Waals surface area contributed by atoms with Crippen molar-refractivity contribution in [3.63, 3.8) is 0 Å². The Morgan fingerprint density at radius 1 is 1.24 bits per heavy atom. The highest BCUT2D eigenvalue weighted by molar-refractivity contribution is 6.32. The number of nitro benzene ring substituents is 1. The molecule has 0 spiro atoms. The van der Waals surface area contributed by atoms with Crippen molar-refractivity contribution in [2.45, 2.75) is 20.0 Å². The largest absolute Gasteiger partial charge is 0.493 e. The Hall–Kier alpha value is -3.80. The van der Waals surface area contributed by atoms with Crippen molar-refractivity contribution < 1.29 is 32.4 Å². The predicted molar refractivity (Wildman–Crippen MR) is 117 cm³/mol. The van der Waals surface area contributed by atoms with Crippen molar-refractivity contribution in [3.8, 4) is 17.2 Å². The van der Waals surface area contributed by atoms with Gasteiger partial charge in [0, 0.05) is 12.1 Å². The summed E-state index contributed by atoms with van der Waals surface area (Å²) in [5.74, 6) is -0.806. The third-order valence-electron chi connectivity index (χ3n) is 4.60. The van der Waals surface area contributed by atoms with Gasteiger partial charge in [-0.05, 0) is 32.0 Å². The van der Waals surface area contributed by atoms with Crippen LogP contribution < -0.4 is 14.8 Å². The van der Waals surface area contributed by atoms with Crippen LogP contribution in [0.15, 0.2) is 36.4 Å². The Labute approximate surface area is 196 Å². The van der Waals surface area contributed by atoms with E-state index in [9.17, 15) is 28.1 Å². The number of aromatic nitrogens is 2. The van der Waals surface area contributed by atoms with E-state index in [-0.39, 0.29) is 40.2 Å². The van der Waals surface area contributed by atoms with Gasteiger partial charge in [0.05, 0.1) is 46.7 Å². The molecule has 2 aromatic carbocycles. The number of carbonyl (C=O) groups is 1. The number of carbonyl (C=O) groups excluding carboxylic acids is 1. The van der Waals surface area contributed by atoms with Gasteiger partial charge in [0.15, 0.2) is 11.5 Å². The highest BCUT2D eigenvalue weighted by atomic mass is 35.5. The summed E-state index contributed by atoms with van der Waals surface area (Å²) < 4.78 is 51.1. The van der Waals surface area contributed by atoms with E-state index < -0.39 is 28.3 Å². The predicted octanol–water partition coefficient (Wildman–Crippen LogP) is 5.42. The van der Waals surface area contributed by atoms with Crippen LogP contribution >= 0.6 is 11.6 Å². The average Bonchev–Trinajstić information content (AvgIpc) is 3.12. The summed E-state index contributed by atoms with van der Waals surface area (Å²) in [7, 11) is 1.29. The van der Waals surface area contributed by atoms with Crippen LogP contribution in [0.3, 0.4) is 0 Å². The number of aryl methyl sites for hydroxylation is 1. The summed E-state index contributed by atoms with van der Waals surface area (Å²) >= 11 is 6.11. The first-order valence-electron chi connectivity index (χ1n) is 9.70. The van der Waals surface area contributed by atoms with Gasteiger partial charge in [0.1, 0.15) is 11.4 Å². The maximum Gasteiger partial charge on any atom is 0.416 e. The van der Waals surface area contributed by atoms with Crippen molar-refractivity contribution in [2.24, 2.45) is 0 Å². The first-order valence-corrected chi connectivity index (χ1v) is 10.1. The van der Waals surface area contributed by atoms with Crippen molar-refractivity contribution in [2.75, 3.05) is 19.0 Å². The zero-order chi connectivity index (χ0) is 25.2. The Kier molecular flexibility index (Phi) is 7.01. The number of amides is 1. The van der Waals surface area contributed by atoms with Crippen molar-refractivity contribution in [1.82, 2.24) is 9.78 Å². The van der Waals surface area contributed by atoms with Crippen LogP contribution in [0.25, 0.3) is 5.69 Å². The molecule has 1 heterocycles. The molecule has 9 nitrogen and oxygen atoms in total. The number of nitrogens with zero attached hydrogens (tertiary/aromatic N) is 3. The average molecular weight is 499 g/mol. The van der Waals surface area contributed by atoms with Gasteiger partial charge in [0.25, 0.3) is 11.6 Å². The second-order valence-corrected chi connectivity index (χ2v) is 7.32. The minimum atomic E-state index is -4.63. The fraction of sp³-hybridized carbons (Fsp3) is 0.238. The van der Waals surface area contributed by atoms with Crippen LogP contribution in [-0.4, -0.2) is 34.3 Å². The third kappa shape index (κ3) is 5.06. The number of alkyl halides is 3. The van der Waals surface area contributed by atoms with Gasteiger partial charge in [0.2, 0.25) is 0 Å². The van der Waals surface area contributed by atoms with Crippen LogP contribution in [0.2, 0.25) is 5.02 Å². The normalized spacial score (nSPS) is 11.3. The molecule has 0 saturated heterocycles. The Morgan fingerprint density at radius 2 is 1.94 bits per heavy atom. The van der Waals surface area contributed by atoms with Gasteiger partial charge in [-0.25, -0.2) is 4.68 Å². The van der Waals surface area contributed by atoms with Crippen LogP contribution in [-0.2, 0) is 6.18 Å². The molecule has 180 valence electrons. The lowest BCUT2D eigenvalue weighted by atomic mass is 10.1. The molecule has 3 rings (SSSR count). The van der Waals surface area contributed by atoms with Gasteiger partial charge >= 0.3 is 6.18 Å². The van der Waals surface area contributed by atoms with Gasteiger partial charge in [-0.15, -0.1) is 0 Å². The molecular formula is C21H18ClF3N4O5. The Balaban J connectivity index is 2.07. The molecular weight excluding hydrogens is 481 g/mol. The minimum Gasteiger partial charge on any atom is -0.493 e. The lowest BCUT2D eigenvalue weighted by molar-refractivity contribution is -0.385. The second-order valence-electron chi connectivity index (χ2n) is 6.91. The third-order valence-corrected chi connectivity index (χ3v) is 4.92. The molecule has 0 bridgehead atoms. The second kappa shape index (κ2) is 9.59. The van der Waals surface area contributed by atoms with Crippen LogP contribution in [0.1, 0.15) is 28.5 Å². The first-order chi connectivity index (χ1) is 16.0. The fourth-order valence-electron chi connectivity index (χ4n) is 3.12. The highest BCUT2D eigenvalue weighted by Gasteiger charge is 2.32. The van der Waals surface area contributed by atoms with Gasteiger partial charge in [-0.1, -0.05) is 11.6 Å². The number of hydrogen-bond acceptors (Lipinski definition) is 6. The first kappa shape index (κ1) is 24.8. The maximum absolute atomic E-state index is 13.2. The molecule has 0 aliphatic carbocycles. The van der Waals surface area contributed by atoms with Gasteiger partial charge in [-0.3, -0.25) is 14.9 Å². The molecule has 0 aliphatic rings. The summed E-state index contributed by atoms with van der Waals surface area (Å²) in [4.78, 5) is 23.8. The van der Waals surface area contributed by atoms with Crippen LogP contribution in [0.4, 0.5) is 24.7 Å². The van der Waals surface area contributed by atoms with Gasteiger partial charge < -0.3 is 14.8 Å². The van der Waals surface area contributed by atoms with Crippen LogP contribution in [0, 0.1) is 17.0 Å². The SMILES string of the molecule is CCOc1cc(C(=O)Nc2cc(C)nn2-c2cc(C(F)(F)F)ccc2Cl)c([N+](=O)[O-])cc1OC. The molecule has 0 aliphatic heterocycles. The molecule has 1 aromatic heterocycles. The number of anilines is 1. The number of nitro groups is 1. The summed E-state index contributed by atoms with van der Waals surface area (Å²) in [6, 6.07) is 6.24. The Morgan fingerprint density at radius 3 is 2.53 bits per heavy atom. The summed E-state index contributed by atoms with van der Waals surface area (Å²) in [6.45, 7) is 3.44. The number of rotatable bonds is 7. The van der Waals surface area contributed by atoms with E-state index in [4.69, 9.17) is 21.1 Å². The zero-order valence-electron chi connectivity index (χ0n) is 18.1. The van der Waals surface area contributed by atoms with E-state index in [1.165, 1.54) is 13.2 Å². The summed E-state index contributed by atoms with van der Waals surface area (Å²) in [5, 5.41) is 18.1. The number of halogens is 4.